The highest BCUT2D eigenvalue weighted by Crippen LogP contribution is 2.19. The molecule has 5 N–H and O–H groups in total. The number of benzene rings is 1. The fraction of sp³-hybridized carbons (Fsp3) is 0.200. The zero-order chi connectivity index (χ0) is 13.0. The quantitative estimate of drug-likeness (QED) is 0.266. The zero-order valence-electron chi connectivity index (χ0n) is 9.01. The van der Waals surface area contributed by atoms with Gasteiger partial charge in [0.1, 0.15) is 17.1 Å². The van der Waals surface area contributed by atoms with Crippen molar-refractivity contribution in [1.82, 2.24) is 5.32 Å². The number of amides is 1. The molecule has 92 valence electrons. The lowest BCUT2D eigenvalue weighted by Crippen LogP contribution is -2.42. The highest BCUT2D eigenvalue weighted by atomic mass is 19.1. The number of nitrogens with zero attached hydrogens (tertiary/aromatic N) is 1. The minimum atomic E-state index is -0.853. The van der Waals surface area contributed by atoms with E-state index in [1.54, 1.807) is 0 Å². The Hall–Kier alpha value is -2.31. The number of phenolic OH excluding ortho intramolecular Hbond substituents is 1. The topological polar surface area (TPSA) is 108 Å². The molecule has 1 aromatic rings. The Bertz CT molecular complexity index is 442. The van der Waals surface area contributed by atoms with Crippen molar-refractivity contribution in [2.24, 2.45) is 10.9 Å². The van der Waals surface area contributed by atoms with Crippen molar-refractivity contribution < 1.29 is 19.5 Å². The van der Waals surface area contributed by atoms with Gasteiger partial charge in [-0.25, -0.2) is 4.39 Å². The number of rotatable bonds is 3. The predicted octanol–water partition coefficient (Wildman–Crippen LogP) is 0.396. The number of hydrogen-bond donors (Lipinski definition) is 4. The molecule has 0 aliphatic carbocycles. The number of aromatic hydroxyl groups is 1. The lowest BCUT2D eigenvalue weighted by molar-refractivity contribution is 0.0941. The molecule has 1 aromatic carbocycles. The molecule has 0 spiro atoms. The number of nitrogens with one attached hydrogen (secondary N) is 1. The van der Waals surface area contributed by atoms with Crippen LogP contribution in [0.1, 0.15) is 17.3 Å². The molecule has 0 fully saturated rings. The Morgan fingerprint density at radius 1 is 1.59 bits per heavy atom. The van der Waals surface area contributed by atoms with Crippen LogP contribution in [0, 0.1) is 5.82 Å². The molecule has 7 heteroatoms. The van der Waals surface area contributed by atoms with E-state index in [0.29, 0.717) is 0 Å². The molecule has 0 aliphatic heterocycles. The van der Waals surface area contributed by atoms with Crippen LogP contribution in [0.3, 0.4) is 0 Å². The number of carbonyl (C=O) groups is 1. The number of phenols is 1. The van der Waals surface area contributed by atoms with Crippen molar-refractivity contribution in [1.29, 1.82) is 0 Å². The molecule has 17 heavy (non-hydrogen) atoms. The van der Waals surface area contributed by atoms with Crippen LogP contribution in [0.2, 0.25) is 0 Å². The second-order valence-electron chi connectivity index (χ2n) is 3.35. The van der Waals surface area contributed by atoms with E-state index >= 15 is 0 Å². The van der Waals surface area contributed by atoms with Gasteiger partial charge in [0.05, 0.1) is 6.04 Å². The van der Waals surface area contributed by atoms with Crippen LogP contribution in [0.5, 0.6) is 5.75 Å². The average molecular weight is 241 g/mol. The van der Waals surface area contributed by atoms with Gasteiger partial charge in [0.25, 0.3) is 5.91 Å². The smallest absolute Gasteiger partial charge is 0.258 e. The Morgan fingerprint density at radius 3 is 2.76 bits per heavy atom. The van der Waals surface area contributed by atoms with Gasteiger partial charge in [0.2, 0.25) is 0 Å². The van der Waals surface area contributed by atoms with Crippen molar-refractivity contribution >= 4 is 11.7 Å². The maximum absolute atomic E-state index is 13.3. The second-order valence-corrected chi connectivity index (χ2v) is 3.35. The maximum atomic E-state index is 13.3. The summed E-state index contributed by atoms with van der Waals surface area (Å²) >= 11 is 0. The maximum Gasteiger partial charge on any atom is 0.258 e. The molecule has 0 saturated heterocycles. The Kier molecular flexibility index (Phi) is 3.86. The molecule has 0 saturated carbocycles. The first-order valence-corrected chi connectivity index (χ1v) is 4.73. The van der Waals surface area contributed by atoms with E-state index in [9.17, 15) is 14.3 Å². The lowest BCUT2D eigenvalue weighted by atomic mass is 10.1. The highest BCUT2D eigenvalue weighted by molar-refractivity contribution is 6.00. The second kappa shape index (κ2) is 5.15. The number of hydrogen-bond acceptors (Lipinski definition) is 4. The van der Waals surface area contributed by atoms with Crippen molar-refractivity contribution in [3.05, 3.63) is 29.6 Å². The van der Waals surface area contributed by atoms with E-state index in [-0.39, 0.29) is 5.84 Å². The molecule has 1 unspecified atom stereocenters. The first-order chi connectivity index (χ1) is 7.97. The number of amidine groups is 1. The van der Waals surface area contributed by atoms with Gasteiger partial charge < -0.3 is 21.4 Å². The van der Waals surface area contributed by atoms with E-state index in [2.05, 4.69) is 10.5 Å². The van der Waals surface area contributed by atoms with Crippen LogP contribution >= 0.6 is 0 Å². The minimum absolute atomic E-state index is 0.228. The normalized spacial score (nSPS) is 13.2. The van der Waals surface area contributed by atoms with Crippen LogP contribution in [0.25, 0.3) is 0 Å². The van der Waals surface area contributed by atoms with Crippen molar-refractivity contribution in [2.45, 2.75) is 13.0 Å². The molecular weight excluding hydrogens is 229 g/mol. The predicted molar refractivity (Wildman–Crippen MR) is 58.4 cm³/mol. The van der Waals surface area contributed by atoms with Crippen molar-refractivity contribution in [2.75, 3.05) is 0 Å². The number of halogens is 1. The van der Waals surface area contributed by atoms with Gasteiger partial charge in [0, 0.05) is 0 Å². The zero-order valence-corrected chi connectivity index (χ0v) is 9.01. The number of oxime groups is 1. The van der Waals surface area contributed by atoms with E-state index < -0.39 is 29.1 Å². The summed E-state index contributed by atoms with van der Waals surface area (Å²) in [5, 5.41) is 22.7. The third-order valence-corrected chi connectivity index (χ3v) is 2.13. The molecule has 0 heterocycles. The fourth-order valence-corrected chi connectivity index (χ4v) is 1.17. The first kappa shape index (κ1) is 12.8. The Labute approximate surface area is 96.5 Å². The third-order valence-electron chi connectivity index (χ3n) is 2.13. The van der Waals surface area contributed by atoms with Crippen LogP contribution in [0.4, 0.5) is 4.39 Å². The largest absolute Gasteiger partial charge is 0.507 e. The average Bonchev–Trinajstić information content (AvgIpc) is 2.27. The van der Waals surface area contributed by atoms with Crippen LogP contribution in [-0.2, 0) is 0 Å². The standard InChI is InChI=1S/C10H12FN3O3/c1-5(9(12)14-17)13-10(16)8-6(11)3-2-4-7(8)15/h2-5,15,17H,1H3,(H2,12,14)(H,13,16). The molecule has 1 atom stereocenters. The molecule has 0 aromatic heterocycles. The number of carbonyl (C=O) groups excluding carboxylic acids is 1. The van der Waals surface area contributed by atoms with Gasteiger partial charge in [-0.1, -0.05) is 11.2 Å². The fourth-order valence-electron chi connectivity index (χ4n) is 1.17. The van der Waals surface area contributed by atoms with Gasteiger partial charge in [-0.2, -0.15) is 0 Å². The molecular formula is C10H12FN3O3. The van der Waals surface area contributed by atoms with Crippen LogP contribution in [0.15, 0.2) is 23.4 Å². The van der Waals surface area contributed by atoms with E-state index in [4.69, 9.17) is 10.9 Å². The molecule has 0 aliphatic rings. The van der Waals surface area contributed by atoms with E-state index in [1.165, 1.54) is 19.1 Å². The minimum Gasteiger partial charge on any atom is -0.507 e. The highest BCUT2D eigenvalue weighted by Gasteiger charge is 2.19. The summed E-state index contributed by atoms with van der Waals surface area (Å²) in [6.45, 7) is 1.45. The van der Waals surface area contributed by atoms with Crippen molar-refractivity contribution in [3.8, 4) is 5.75 Å². The van der Waals surface area contributed by atoms with E-state index in [0.717, 1.165) is 6.07 Å². The summed E-state index contributed by atoms with van der Waals surface area (Å²) < 4.78 is 13.3. The molecule has 1 rings (SSSR count). The molecule has 0 bridgehead atoms. The Morgan fingerprint density at radius 2 is 2.24 bits per heavy atom. The third kappa shape index (κ3) is 2.83. The molecule has 6 nitrogen and oxygen atoms in total. The van der Waals surface area contributed by atoms with E-state index in [1.807, 2.05) is 0 Å². The van der Waals surface area contributed by atoms with Crippen LogP contribution < -0.4 is 11.1 Å². The van der Waals surface area contributed by atoms with Gasteiger partial charge in [-0.3, -0.25) is 4.79 Å². The van der Waals surface area contributed by atoms with Gasteiger partial charge in [-0.15, -0.1) is 0 Å². The molecule has 1 amide bonds. The summed E-state index contributed by atoms with van der Waals surface area (Å²) in [5.41, 5.74) is 4.77. The molecule has 0 radical (unpaired) electrons. The van der Waals surface area contributed by atoms with Gasteiger partial charge in [0.15, 0.2) is 5.84 Å². The summed E-state index contributed by atoms with van der Waals surface area (Å²) in [4.78, 5) is 11.6. The van der Waals surface area contributed by atoms with Crippen molar-refractivity contribution in [3.63, 3.8) is 0 Å². The summed E-state index contributed by atoms with van der Waals surface area (Å²) in [6, 6.07) is 2.72. The SMILES string of the molecule is CC(NC(=O)c1c(O)cccc1F)/C(N)=N/O. The summed E-state index contributed by atoms with van der Waals surface area (Å²) in [7, 11) is 0. The lowest BCUT2D eigenvalue weighted by Gasteiger charge is -2.13. The number of nitrogens with two attached hydrogens (primary N) is 1. The monoisotopic (exact) mass is 241 g/mol. The summed E-state index contributed by atoms with van der Waals surface area (Å²) in [5.74, 6) is -2.41. The summed E-state index contributed by atoms with van der Waals surface area (Å²) in [6.07, 6.45) is 0. The van der Waals surface area contributed by atoms with Gasteiger partial charge in [-0.05, 0) is 19.1 Å². The van der Waals surface area contributed by atoms with Crippen LogP contribution in [-0.4, -0.2) is 28.1 Å². The van der Waals surface area contributed by atoms with Gasteiger partial charge >= 0.3 is 0 Å². The Balaban J connectivity index is 2.91. The first-order valence-electron chi connectivity index (χ1n) is 4.73.